The Balaban J connectivity index is 2.06. The maximum absolute atomic E-state index is 10.6. The van der Waals surface area contributed by atoms with Gasteiger partial charge >= 0.3 is 0 Å². The summed E-state index contributed by atoms with van der Waals surface area (Å²) >= 11 is 0. The van der Waals surface area contributed by atoms with Gasteiger partial charge in [-0.05, 0) is 27.7 Å². The zero-order valence-electron chi connectivity index (χ0n) is 12.9. The smallest absolute Gasteiger partial charge is 0.138 e. The van der Waals surface area contributed by atoms with Crippen LogP contribution < -0.4 is 0 Å². The van der Waals surface area contributed by atoms with E-state index in [2.05, 4.69) is 42.7 Å². The molecule has 0 aromatic carbocycles. The molecule has 0 spiro atoms. The lowest BCUT2D eigenvalue weighted by Crippen LogP contribution is -2.57. The molecule has 1 aliphatic heterocycles. The highest BCUT2D eigenvalue weighted by Crippen LogP contribution is 2.23. The van der Waals surface area contributed by atoms with E-state index >= 15 is 0 Å². The number of aliphatic hydroxyl groups excluding tert-OH is 1. The largest absolute Gasteiger partial charge is 0.391 e. The van der Waals surface area contributed by atoms with Crippen molar-refractivity contribution < 1.29 is 9.84 Å². The highest BCUT2D eigenvalue weighted by atomic mass is 16.5. The van der Waals surface area contributed by atoms with Crippen molar-refractivity contribution in [2.75, 3.05) is 26.3 Å². The standard InChI is InChI=1S/C14H26N4O2/c1-11(2)18-13(15-10-16-18)9-12(19)14(3,4)17-5-7-20-8-6-17/h10-12,19H,5-9H2,1-4H3. The van der Waals surface area contributed by atoms with Crippen molar-refractivity contribution in [1.29, 1.82) is 0 Å². The van der Waals surface area contributed by atoms with Crippen molar-refractivity contribution in [2.45, 2.75) is 51.8 Å². The third kappa shape index (κ3) is 3.19. The lowest BCUT2D eigenvalue weighted by Gasteiger charge is -2.43. The van der Waals surface area contributed by atoms with Crippen LogP contribution in [0.3, 0.4) is 0 Å². The average Bonchev–Trinajstić information content (AvgIpc) is 2.88. The SMILES string of the molecule is CC(C)n1ncnc1CC(O)C(C)(C)N1CCOCC1. The van der Waals surface area contributed by atoms with Crippen molar-refractivity contribution in [2.24, 2.45) is 0 Å². The molecule has 0 saturated carbocycles. The minimum absolute atomic E-state index is 0.256. The predicted octanol–water partition coefficient (Wildman–Crippen LogP) is 0.873. The Hall–Kier alpha value is -0.980. The van der Waals surface area contributed by atoms with Gasteiger partial charge in [0.05, 0.1) is 19.3 Å². The van der Waals surface area contributed by atoms with E-state index in [1.165, 1.54) is 0 Å². The molecule has 20 heavy (non-hydrogen) atoms. The molecule has 1 N–H and O–H groups in total. The fourth-order valence-corrected chi connectivity index (χ4v) is 2.62. The van der Waals surface area contributed by atoms with Crippen molar-refractivity contribution in [3.63, 3.8) is 0 Å². The first-order valence-electron chi connectivity index (χ1n) is 7.32. The second-order valence-corrected chi connectivity index (χ2v) is 6.19. The van der Waals surface area contributed by atoms with Crippen molar-refractivity contribution in [1.82, 2.24) is 19.7 Å². The van der Waals surface area contributed by atoms with E-state index in [4.69, 9.17) is 4.74 Å². The molecule has 1 atom stereocenters. The van der Waals surface area contributed by atoms with Crippen LogP contribution in [0, 0.1) is 0 Å². The van der Waals surface area contributed by atoms with Crippen molar-refractivity contribution in [3.8, 4) is 0 Å². The molecule has 0 aliphatic carbocycles. The summed E-state index contributed by atoms with van der Waals surface area (Å²) in [6.07, 6.45) is 1.59. The van der Waals surface area contributed by atoms with Crippen LogP contribution in [0.2, 0.25) is 0 Å². The van der Waals surface area contributed by atoms with Crippen LogP contribution in [0.1, 0.15) is 39.6 Å². The minimum atomic E-state index is -0.484. The van der Waals surface area contributed by atoms with Crippen LogP contribution in [0.5, 0.6) is 0 Å². The van der Waals surface area contributed by atoms with E-state index in [1.54, 1.807) is 6.33 Å². The van der Waals surface area contributed by atoms with Gasteiger partial charge in [-0.25, -0.2) is 9.67 Å². The van der Waals surface area contributed by atoms with Gasteiger partial charge in [0.15, 0.2) is 0 Å². The molecular formula is C14H26N4O2. The van der Waals surface area contributed by atoms with Gasteiger partial charge in [-0.1, -0.05) is 0 Å². The molecule has 114 valence electrons. The molecule has 1 unspecified atom stereocenters. The third-order valence-corrected chi connectivity index (χ3v) is 4.15. The van der Waals surface area contributed by atoms with Crippen molar-refractivity contribution >= 4 is 0 Å². The number of morpholine rings is 1. The molecule has 0 amide bonds. The average molecular weight is 282 g/mol. The lowest BCUT2D eigenvalue weighted by molar-refractivity contribution is -0.0619. The van der Waals surface area contributed by atoms with Crippen LogP contribution in [-0.2, 0) is 11.2 Å². The van der Waals surface area contributed by atoms with Gasteiger partial charge in [0.1, 0.15) is 12.2 Å². The monoisotopic (exact) mass is 282 g/mol. The summed E-state index contributed by atoms with van der Waals surface area (Å²) in [5, 5.41) is 14.9. The van der Waals surface area contributed by atoms with E-state index in [0.717, 1.165) is 32.1 Å². The van der Waals surface area contributed by atoms with Crippen LogP contribution >= 0.6 is 0 Å². The van der Waals surface area contributed by atoms with E-state index in [-0.39, 0.29) is 11.6 Å². The second-order valence-electron chi connectivity index (χ2n) is 6.19. The Morgan fingerprint density at radius 2 is 2.00 bits per heavy atom. The Labute approximate surface area is 120 Å². The summed E-state index contributed by atoms with van der Waals surface area (Å²) < 4.78 is 7.25. The number of nitrogens with zero attached hydrogens (tertiary/aromatic N) is 4. The highest BCUT2D eigenvalue weighted by Gasteiger charge is 2.36. The Morgan fingerprint density at radius 1 is 1.35 bits per heavy atom. The molecule has 2 heterocycles. The van der Waals surface area contributed by atoms with E-state index in [0.29, 0.717) is 6.42 Å². The van der Waals surface area contributed by atoms with Crippen LogP contribution in [0.4, 0.5) is 0 Å². The van der Waals surface area contributed by atoms with Gasteiger partial charge in [0.25, 0.3) is 0 Å². The molecule has 2 rings (SSSR count). The summed E-state index contributed by atoms with van der Waals surface area (Å²) in [5.74, 6) is 0.842. The molecule has 0 radical (unpaired) electrons. The molecule has 1 saturated heterocycles. The van der Waals surface area contributed by atoms with Crippen LogP contribution in [0.15, 0.2) is 6.33 Å². The van der Waals surface area contributed by atoms with Gasteiger partial charge in [-0.3, -0.25) is 4.90 Å². The maximum atomic E-state index is 10.6. The molecule has 0 bridgehead atoms. The number of ether oxygens (including phenoxy) is 1. The Bertz CT molecular complexity index is 425. The van der Waals surface area contributed by atoms with E-state index in [9.17, 15) is 5.11 Å². The summed E-state index contributed by atoms with van der Waals surface area (Å²) in [6, 6.07) is 0.256. The third-order valence-electron chi connectivity index (χ3n) is 4.15. The number of rotatable bonds is 5. The normalized spacial score (nSPS) is 19.5. The fraction of sp³-hybridized carbons (Fsp3) is 0.857. The molecule has 1 aromatic rings. The van der Waals surface area contributed by atoms with Gasteiger partial charge < -0.3 is 9.84 Å². The van der Waals surface area contributed by atoms with Crippen LogP contribution in [0.25, 0.3) is 0 Å². The second kappa shape index (κ2) is 6.20. The minimum Gasteiger partial charge on any atom is -0.391 e. The first-order valence-corrected chi connectivity index (χ1v) is 7.32. The summed E-state index contributed by atoms with van der Waals surface area (Å²) in [6.45, 7) is 11.5. The van der Waals surface area contributed by atoms with Gasteiger partial charge in [0, 0.05) is 31.1 Å². The molecular weight excluding hydrogens is 256 g/mol. The summed E-state index contributed by atoms with van der Waals surface area (Å²) in [5.41, 5.74) is -0.294. The molecule has 6 heteroatoms. The summed E-state index contributed by atoms with van der Waals surface area (Å²) in [4.78, 5) is 6.57. The van der Waals surface area contributed by atoms with Crippen LogP contribution in [-0.4, -0.2) is 62.7 Å². The maximum Gasteiger partial charge on any atom is 0.138 e. The first-order chi connectivity index (χ1) is 9.43. The Morgan fingerprint density at radius 3 is 2.60 bits per heavy atom. The summed E-state index contributed by atoms with van der Waals surface area (Å²) in [7, 11) is 0. The molecule has 6 nitrogen and oxygen atoms in total. The number of aromatic nitrogens is 3. The van der Waals surface area contributed by atoms with E-state index in [1.807, 2.05) is 4.68 Å². The quantitative estimate of drug-likeness (QED) is 0.868. The predicted molar refractivity (Wildman–Crippen MR) is 76.6 cm³/mol. The number of hydrogen-bond acceptors (Lipinski definition) is 5. The first kappa shape index (κ1) is 15.4. The zero-order chi connectivity index (χ0) is 14.8. The number of hydrogen-bond donors (Lipinski definition) is 1. The highest BCUT2D eigenvalue weighted by molar-refractivity contribution is 4.98. The fourth-order valence-electron chi connectivity index (χ4n) is 2.62. The number of aliphatic hydroxyl groups is 1. The van der Waals surface area contributed by atoms with Gasteiger partial charge in [-0.2, -0.15) is 5.10 Å². The molecule has 1 fully saturated rings. The Kier molecular flexibility index (Phi) is 4.78. The molecule has 1 aromatic heterocycles. The van der Waals surface area contributed by atoms with Gasteiger partial charge in [-0.15, -0.1) is 0 Å². The van der Waals surface area contributed by atoms with E-state index < -0.39 is 6.10 Å². The van der Waals surface area contributed by atoms with Gasteiger partial charge in [0.2, 0.25) is 0 Å². The van der Waals surface area contributed by atoms with Crippen molar-refractivity contribution in [3.05, 3.63) is 12.2 Å². The topological polar surface area (TPSA) is 63.4 Å². The lowest BCUT2D eigenvalue weighted by atomic mass is 9.91. The zero-order valence-corrected chi connectivity index (χ0v) is 12.9. The molecule has 1 aliphatic rings.